The molecule has 0 aliphatic rings. The van der Waals surface area contributed by atoms with Gasteiger partial charge >= 0.3 is 122 Å². The SMILES string of the molecule is C[Te]c1ccccc1-n1cc(-c2ccccc2)nn1. The summed E-state index contributed by atoms with van der Waals surface area (Å²) in [6, 6.07) is 18.6. The molecule has 0 fully saturated rings. The zero-order chi connectivity index (χ0) is 13.1. The normalized spacial score (nSPS) is 10.6. The van der Waals surface area contributed by atoms with E-state index < -0.39 is 0 Å². The Hall–Kier alpha value is -1.63. The van der Waals surface area contributed by atoms with Gasteiger partial charge in [-0.3, -0.25) is 0 Å². The molecule has 0 unspecified atom stereocenters. The first-order chi connectivity index (χ1) is 9.38. The summed E-state index contributed by atoms with van der Waals surface area (Å²) in [5.74, 6) is 0. The van der Waals surface area contributed by atoms with Gasteiger partial charge in [0.25, 0.3) is 0 Å². The fourth-order valence-corrected chi connectivity index (χ4v) is 3.61. The summed E-state index contributed by atoms with van der Waals surface area (Å²) in [6.07, 6.45) is 2.00. The molecule has 0 N–H and O–H groups in total. The first-order valence-corrected chi connectivity index (χ1v) is 9.49. The van der Waals surface area contributed by atoms with Crippen molar-refractivity contribution in [1.82, 2.24) is 15.0 Å². The monoisotopic (exact) mass is 365 g/mol. The Kier molecular flexibility index (Phi) is 3.63. The molecule has 0 aliphatic carbocycles. The summed E-state index contributed by atoms with van der Waals surface area (Å²) in [6.45, 7) is 0. The van der Waals surface area contributed by atoms with E-state index in [4.69, 9.17) is 0 Å². The Bertz CT molecular complexity index is 677. The van der Waals surface area contributed by atoms with Gasteiger partial charge in [-0.25, -0.2) is 0 Å². The predicted octanol–water partition coefficient (Wildman–Crippen LogP) is 2.31. The van der Waals surface area contributed by atoms with Crippen LogP contribution >= 0.6 is 0 Å². The van der Waals surface area contributed by atoms with Gasteiger partial charge in [-0.1, -0.05) is 0 Å². The van der Waals surface area contributed by atoms with Crippen molar-refractivity contribution < 1.29 is 0 Å². The van der Waals surface area contributed by atoms with E-state index in [1.54, 1.807) is 0 Å². The third-order valence-electron chi connectivity index (χ3n) is 2.89. The molecule has 3 nitrogen and oxygen atoms in total. The minimum absolute atomic E-state index is 0.146. The molecule has 19 heavy (non-hydrogen) atoms. The summed E-state index contributed by atoms with van der Waals surface area (Å²) in [7, 11) is 0. The van der Waals surface area contributed by atoms with Crippen molar-refractivity contribution in [3.05, 3.63) is 60.8 Å². The van der Waals surface area contributed by atoms with Gasteiger partial charge in [0.2, 0.25) is 0 Å². The number of hydrogen-bond donors (Lipinski definition) is 0. The van der Waals surface area contributed by atoms with Crippen LogP contribution in [0.1, 0.15) is 0 Å². The van der Waals surface area contributed by atoms with Gasteiger partial charge in [0.15, 0.2) is 0 Å². The second kappa shape index (κ2) is 5.56. The van der Waals surface area contributed by atoms with E-state index in [9.17, 15) is 0 Å². The second-order valence-corrected chi connectivity index (χ2v) is 6.51. The molecule has 3 rings (SSSR count). The van der Waals surface area contributed by atoms with E-state index in [-0.39, 0.29) is 20.9 Å². The van der Waals surface area contributed by atoms with Crippen molar-refractivity contribution in [3.63, 3.8) is 0 Å². The van der Waals surface area contributed by atoms with Gasteiger partial charge in [0.05, 0.1) is 0 Å². The Morgan fingerprint density at radius 2 is 1.68 bits per heavy atom. The van der Waals surface area contributed by atoms with Crippen LogP contribution in [0.5, 0.6) is 0 Å². The van der Waals surface area contributed by atoms with Crippen LogP contribution in [0.15, 0.2) is 60.8 Å². The predicted molar refractivity (Wildman–Crippen MR) is 78.0 cm³/mol. The molecule has 0 bridgehead atoms. The molecule has 2 aromatic carbocycles. The molecule has 94 valence electrons. The maximum atomic E-state index is 4.27. The second-order valence-electron chi connectivity index (χ2n) is 4.09. The van der Waals surface area contributed by atoms with Crippen molar-refractivity contribution in [1.29, 1.82) is 0 Å². The van der Waals surface area contributed by atoms with Crippen molar-refractivity contribution in [2.24, 2.45) is 0 Å². The molecular weight excluding hydrogens is 350 g/mol. The zero-order valence-corrected chi connectivity index (χ0v) is 12.9. The fourth-order valence-electron chi connectivity index (χ4n) is 1.94. The number of nitrogens with zero attached hydrogens (tertiary/aromatic N) is 3. The topological polar surface area (TPSA) is 30.7 Å². The summed E-state index contributed by atoms with van der Waals surface area (Å²) >= 11 is -0.146. The van der Waals surface area contributed by atoms with Gasteiger partial charge in [-0.05, 0) is 0 Å². The van der Waals surface area contributed by atoms with Crippen LogP contribution in [0.2, 0.25) is 4.97 Å². The van der Waals surface area contributed by atoms with Crippen LogP contribution in [-0.4, -0.2) is 35.9 Å². The number of benzene rings is 2. The van der Waals surface area contributed by atoms with Gasteiger partial charge < -0.3 is 0 Å². The Labute approximate surface area is 122 Å². The molecule has 0 radical (unpaired) electrons. The van der Waals surface area contributed by atoms with Crippen LogP contribution in [0, 0.1) is 0 Å². The number of rotatable bonds is 3. The average molecular weight is 363 g/mol. The standard InChI is InChI=1S/C15H13N3Te/c1-19-15-10-6-5-9-14(15)18-11-13(16-17-18)12-7-3-2-4-8-12/h2-11H,1H3. The van der Waals surface area contributed by atoms with Gasteiger partial charge in [0, 0.05) is 0 Å². The van der Waals surface area contributed by atoms with Crippen molar-refractivity contribution in [2.45, 2.75) is 4.97 Å². The van der Waals surface area contributed by atoms with Gasteiger partial charge in [-0.15, -0.1) is 0 Å². The van der Waals surface area contributed by atoms with Crippen molar-refractivity contribution >= 4 is 24.5 Å². The summed E-state index contributed by atoms with van der Waals surface area (Å²) < 4.78 is 3.28. The molecule has 0 spiro atoms. The average Bonchev–Trinajstić information content (AvgIpc) is 2.98. The first-order valence-electron chi connectivity index (χ1n) is 5.99. The van der Waals surface area contributed by atoms with E-state index in [0.717, 1.165) is 16.9 Å². The molecule has 1 aromatic heterocycles. The summed E-state index contributed by atoms with van der Waals surface area (Å²) in [4.78, 5) is 2.28. The van der Waals surface area contributed by atoms with Crippen LogP contribution < -0.4 is 3.61 Å². The summed E-state index contributed by atoms with van der Waals surface area (Å²) in [5.41, 5.74) is 3.16. The third-order valence-corrected chi connectivity index (χ3v) is 5.14. The molecule has 0 atom stereocenters. The van der Waals surface area contributed by atoms with Crippen LogP contribution in [0.4, 0.5) is 0 Å². The molecule has 0 aliphatic heterocycles. The third kappa shape index (κ3) is 2.56. The molecule has 4 heteroatoms. The van der Waals surface area contributed by atoms with Crippen molar-refractivity contribution in [2.75, 3.05) is 0 Å². The molecular formula is C15H13N3Te. The molecule has 3 aromatic rings. The van der Waals surface area contributed by atoms with Gasteiger partial charge in [-0.2, -0.15) is 0 Å². The van der Waals surface area contributed by atoms with E-state index >= 15 is 0 Å². The minimum atomic E-state index is -0.146. The Morgan fingerprint density at radius 1 is 0.947 bits per heavy atom. The summed E-state index contributed by atoms with van der Waals surface area (Å²) in [5, 5.41) is 8.52. The Balaban J connectivity index is 2.02. The van der Waals surface area contributed by atoms with E-state index in [0.29, 0.717) is 0 Å². The quantitative estimate of drug-likeness (QED) is 0.669. The molecule has 0 amide bonds. The number of hydrogen-bond acceptors (Lipinski definition) is 2. The van der Waals surface area contributed by atoms with Gasteiger partial charge in [0.1, 0.15) is 0 Å². The Morgan fingerprint density at radius 3 is 2.47 bits per heavy atom. The zero-order valence-electron chi connectivity index (χ0n) is 10.5. The van der Waals surface area contributed by atoms with E-state index in [1.165, 1.54) is 3.61 Å². The van der Waals surface area contributed by atoms with E-state index in [1.807, 2.05) is 47.3 Å². The van der Waals surface area contributed by atoms with Crippen LogP contribution in [-0.2, 0) is 0 Å². The number of aromatic nitrogens is 3. The molecule has 1 heterocycles. The maximum absolute atomic E-state index is 4.27. The van der Waals surface area contributed by atoms with Crippen LogP contribution in [0.3, 0.4) is 0 Å². The van der Waals surface area contributed by atoms with Crippen molar-refractivity contribution in [3.8, 4) is 16.9 Å². The van der Waals surface area contributed by atoms with Crippen LogP contribution in [0.25, 0.3) is 16.9 Å². The molecule has 0 saturated carbocycles. The molecule has 0 saturated heterocycles. The fraction of sp³-hybridized carbons (Fsp3) is 0.0667. The first kappa shape index (κ1) is 12.4. The van der Waals surface area contributed by atoms with E-state index in [2.05, 4.69) is 33.5 Å². The number of para-hydroxylation sites is 1.